The summed E-state index contributed by atoms with van der Waals surface area (Å²) in [6, 6.07) is 7.37. The van der Waals surface area contributed by atoms with Crippen LogP contribution in [0, 0.1) is 27.7 Å². The quantitative estimate of drug-likeness (QED) is 0.285. The van der Waals surface area contributed by atoms with Crippen LogP contribution in [0.2, 0.25) is 0 Å². The highest BCUT2D eigenvalue weighted by Crippen LogP contribution is 2.32. The van der Waals surface area contributed by atoms with Gasteiger partial charge in [-0.2, -0.15) is 0 Å². The molecule has 0 N–H and O–H groups in total. The van der Waals surface area contributed by atoms with Crippen molar-refractivity contribution < 1.29 is 40.6 Å². The third kappa shape index (κ3) is 5.21. The van der Waals surface area contributed by atoms with Crippen LogP contribution in [0.25, 0.3) is 0 Å². The maximum Gasteiger partial charge on any atom is 0.413 e. The third-order valence-electron chi connectivity index (χ3n) is 4.98. The second-order valence-corrected chi connectivity index (χ2v) is 7.42. The number of benzene rings is 2. The van der Waals surface area contributed by atoms with Crippen molar-refractivity contribution in [1.82, 2.24) is 0 Å². The van der Waals surface area contributed by atoms with Gasteiger partial charge in [0.15, 0.2) is 0 Å². The Bertz CT molecular complexity index is 1130. The van der Waals surface area contributed by atoms with Crippen molar-refractivity contribution in [3.8, 4) is 11.5 Å². The average Bonchev–Trinajstić information content (AvgIpc) is 3.15. The van der Waals surface area contributed by atoms with Gasteiger partial charge in [0.2, 0.25) is 24.1 Å². The fourth-order valence-corrected chi connectivity index (χ4v) is 3.84. The fourth-order valence-electron chi connectivity index (χ4n) is 3.84. The van der Waals surface area contributed by atoms with Crippen LogP contribution in [-0.2, 0) is 9.59 Å². The molecule has 2 aromatic rings. The molecule has 0 saturated heterocycles. The summed E-state index contributed by atoms with van der Waals surface area (Å²) >= 11 is 0. The maximum absolute atomic E-state index is 11.5. The first kappa shape index (κ1) is 24.8. The molecule has 0 fully saturated rings. The van der Waals surface area contributed by atoms with Crippen LogP contribution >= 0.6 is 0 Å². The van der Waals surface area contributed by atoms with E-state index in [4.69, 9.17) is 9.47 Å². The van der Waals surface area contributed by atoms with Crippen LogP contribution in [0.4, 0.5) is 11.4 Å². The van der Waals surface area contributed by atoms with Crippen molar-refractivity contribution in [1.29, 1.82) is 0 Å². The topological polar surface area (TPSA) is 58.6 Å². The number of hydrogen-bond donors (Lipinski definition) is 0. The van der Waals surface area contributed by atoms with Gasteiger partial charge in [-0.1, -0.05) is 13.2 Å². The number of aryl methyl sites for hydroxylation is 4. The number of carbonyl (C=O) groups is 2. The molecule has 1 heterocycles. The molecule has 7 heteroatoms. The summed E-state index contributed by atoms with van der Waals surface area (Å²) in [5, 5.41) is 0. The van der Waals surface area contributed by atoms with E-state index < -0.39 is 11.9 Å². The lowest BCUT2D eigenvalue weighted by molar-refractivity contribution is -0.446. The predicted octanol–water partition coefficient (Wildman–Crippen LogP) is 1.21. The molecule has 0 unspecified atom stereocenters. The van der Waals surface area contributed by atoms with E-state index in [-0.39, 0.29) is 12.4 Å². The molecular formula is C25H26ClN2O4+. The summed E-state index contributed by atoms with van der Waals surface area (Å²) < 4.78 is 14.8. The molecule has 32 heavy (non-hydrogen) atoms. The Labute approximate surface area is 194 Å². The highest BCUT2D eigenvalue weighted by molar-refractivity contribution is 5.84. The predicted molar refractivity (Wildman–Crippen MR) is 120 cm³/mol. The fraction of sp³-hybridized carbons (Fsp3) is 0.200. The van der Waals surface area contributed by atoms with Crippen molar-refractivity contribution >= 4 is 35.9 Å². The van der Waals surface area contributed by atoms with Gasteiger partial charge in [0.1, 0.15) is 11.5 Å². The van der Waals surface area contributed by atoms with Gasteiger partial charge < -0.3 is 21.9 Å². The van der Waals surface area contributed by atoms with E-state index in [2.05, 4.69) is 28.5 Å². The van der Waals surface area contributed by atoms with Crippen molar-refractivity contribution in [3.05, 3.63) is 71.8 Å². The number of hydrogen-bond acceptors (Lipinski definition) is 4. The molecule has 6 nitrogen and oxygen atoms in total. The number of ether oxygens (including phenoxy) is 2. The average molecular weight is 454 g/mol. The van der Waals surface area contributed by atoms with E-state index in [1.165, 1.54) is 0 Å². The Morgan fingerprint density at radius 2 is 1.22 bits per heavy atom. The molecule has 0 radical (unpaired) electrons. The standard InChI is InChI=1S/C25H26N2O4.ClH/c1-7-22(28)30-20-11-16(3)24(17(4)12-20)26-9-10-27(15-26)25-18(5)13-21(14-19(25)6)31-23(29)8-2;/h7-9,11-15H,1-2,10H2,3-6H3;1H/q+2;/p-1. The summed E-state index contributed by atoms with van der Waals surface area (Å²) in [6.45, 7) is 15.5. The number of esters is 2. The Hall–Kier alpha value is -3.51. The van der Waals surface area contributed by atoms with Crippen LogP contribution in [0.1, 0.15) is 22.3 Å². The van der Waals surface area contributed by atoms with Gasteiger partial charge in [-0.15, -0.1) is 9.15 Å². The number of rotatable bonds is 6. The molecule has 0 amide bonds. The van der Waals surface area contributed by atoms with E-state index in [9.17, 15) is 9.59 Å². The first-order valence-corrected chi connectivity index (χ1v) is 9.87. The van der Waals surface area contributed by atoms with Gasteiger partial charge in [-0.3, -0.25) is 0 Å². The van der Waals surface area contributed by atoms with E-state index >= 15 is 0 Å². The largest absolute Gasteiger partial charge is 1.00 e. The van der Waals surface area contributed by atoms with Gasteiger partial charge in [0.05, 0.1) is 0 Å². The molecule has 0 atom stereocenters. The Balaban J connectivity index is 0.00000363. The monoisotopic (exact) mass is 453 g/mol. The number of carbonyl (C=O) groups excluding carboxylic acids is 2. The smallest absolute Gasteiger partial charge is 0.413 e. The molecule has 1 aliphatic heterocycles. The van der Waals surface area contributed by atoms with E-state index in [0.29, 0.717) is 18.0 Å². The highest BCUT2D eigenvalue weighted by atomic mass is 35.5. The zero-order chi connectivity index (χ0) is 22.7. The Kier molecular flexibility index (Phi) is 7.89. The van der Waals surface area contributed by atoms with Crippen LogP contribution in [-0.4, -0.2) is 40.2 Å². The van der Waals surface area contributed by atoms with E-state index in [0.717, 1.165) is 45.8 Å². The van der Waals surface area contributed by atoms with Gasteiger partial charge in [0.25, 0.3) is 0 Å². The molecular weight excluding hydrogens is 428 g/mol. The molecule has 1 aliphatic rings. The molecule has 166 valence electrons. The maximum atomic E-state index is 11.5. The Morgan fingerprint density at radius 3 is 1.62 bits per heavy atom. The van der Waals surface area contributed by atoms with Gasteiger partial charge in [-0.25, -0.2) is 9.59 Å². The van der Waals surface area contributed by atoms with Gasteiger partial charge in [-0.05, 0) is 52.0 Å². The van der Waals surface area contributed by atoms with Crippen LogP contribution in [0.5, 0.6) is 11.5 Å². The molecule has 2 aromatic carbocycles. The first-order valence-electron chi connectivity index (χ1n) is 9.87. The minimum absolute atomic E-state index is 0. The van der Waals surface area contributed by atoms with Crippen LogP contribution < -0.4 is 21.9 Å². The van der Waals surface area contributed by atoms with Crippen molar-refractivity contribution in [2.75, 3.05) is 6.54 Å². The first-order chi connectivity index (χ1) is 14.7. The minimum Gasteiger partial charge on any atom is -1.00 e. The summed E-state index contributed by atoms with van der Waals surface area (Å²) in [5.74, 6) is 0.0354. The van der Waals surface area contributed by atoms with E-state index in [1.807, 2.05) is 58.3 Å². The SMILES string of the molecule is C=CC(=O)Oc1cc(C)c([N+]2=CC[N+](c3c(C)cc(OC(=O)C=C)cc3C)=C2)c(C)c1.[Cl-]. The molecule has 0 aromatic heterocycles. The Morgan fingerprint density at radius 1 is 0.812 bits per heavy atom. The van der Waals surface area contributed by atoms with Gasteiger partial charge in [0, 0.05) is 34.4 Å². The minimum atomic E-state index is -0.481. The molecule has 3 rings (SSSR count). The summed E-state index contributed by atoms with van der Waals surface area (Å²) in [6.07, 6.45) is 6.42. The third-order valence-corrected chi connectivity index (χ3v) is 4.98. The zero-order valence-corrected chi connectivity index (χ0v) is 19.4. The van der Waals surface area contributed by atoms with Crippen molar-refractivity contribution in [2.45, 2.75) is 27.7 Å². The lowest BCUT2D eigenvalue weighted by atomic mass is 10.1. The second kappa shape index (κ2) is 10.2. The molecule has 0 spiro atoms. The highest BCUT2D eigenvalue weighted by Gasteiger charge is 2.30. The van der Waals surface area contributed by atoms with Gasteiger partial charge >= 0.3 is 18.3 Å². The summed E-state index contributed by atoms with van der Waals surface area (Å²) in [7, 11) is 0. The van der Waals surface area contributed by atoms with Crippen LogP contribution in [0.15, 0.2) is 49.6 Å². The summed E-state index contributed by atoms with van der Waals surface area (Å²) in [5.41, 5.74) is 6.07. The number of nitrogens with zero attached hydrogens (tertiary/aromatic N) is 2. The lowest BCUT2D eigenvalue weighted by Crippen LogP contribution is -3.00. The normalized spacial score (nSPS) is 12.2. The molecule has 0 saturated carbocycles. The molecule has 0 bridgehead atoms. The second-order valence-electron chi connectivity index (χ2n) is 7.42. The summed E-state index contributed by atoms with van der Waals surface area (Å²) in [4.78, 5) is 23.0. The van der Waals surface area contributed by atoms with E-state index in [1.54, 1.807) is 0 Å². The lowest BCUT2D eigenvalue weighted by Gasteiger charge is -2.08. The molecule has 0 aliphatic carbocycles. The zero-order valence-electron chi connectivity index (χ0n) is 18.6. The number of halogens is 1. The van der Waals surface area contributed by atoms with Crippen LogP contribution in [0.3, 0.4) is 0 Å². The van der Waals surface area contributed by atoms with Crippen molar-refractivity contribution in [3.63, 3.8) is 0 Å². The van der Waals surface area contributed by atoms with Crippen molar-refractivity contribution in [2.24, 2.45) is 0 Å².